The molecule has 0 aliphatic carbocycles. The molecule has 0 saturated carbocycles. The molecule has 6 rings (SSSR count). The number of phenols is 1. The number of fused-ring (bicyclic) bond motifs is 3. The molecule has 3 N–H and O–H groups in total. The largest absolute Gasteiger partial charge is 0.508 e. The number of nitrogens with zero attached hydrogens (tertiary/aromatic N) is 1. The number of hydrogen-bond acceptors (Lipinski definition) is 5. The molecule has 1 atom stereocenters. The first-order valence-electron chi connectivity index (χ1n) is 12.8. The van der Waals surface area contributed by atoms with Crippen LogP contribution in [0.1, 0.15) is 29.5 Å². The molecule has 1 unspecified atom stereocenters. The fourth-order valence-corrected chi connectivity index (χ4v) is 5.74. The molecule has 0 radical (unpaired) electrons. The number of ether oxygens (including phenoxy) is 1. The Hall–Kier alpha value is -3.68. The van der Waals surface area contributed by atoms with Gasteiger partial charge in [0.25, 0.3) is 5.91 Å². The third-order valence-electron chi connectivity index (χ3n) is 7.88. The molecule has 3 aliphatic rings. The second-order valence-electron chi connectivity index (χ2n) is 10.3. The molecular formula is C30H33N2O5+. The maximum absolute atomic E-state index is 13.6. The van der Waals surface area contributed by atoms with Gasteiger partial charge in [0.05, 0.1) is 13.1 Å². The van der Waals surface area contributed by atoms with Crippen molar-refractivity contribution < 1.29 is 29.0 Å². The Kier molecular flexibility index (Phi) is 7.00. The molecule has 3 aromatic rings. The zero-order chi connectivity index (χ0) is 25.9. The van der Waals surface area contributed by atoms with Crippen LogP contribution in [0, 0.1) is 5.92 Å². The van der Waals surface area contributed by atoms with Gasteiger partial charge in [0, 0.05) is 25.3 Å². The van der Waals surface area contributed by atoms with E-state index in [1.54, 1.807) is 72.8 Å². The Balaban J connectivity index is 1.28. The summed E-state index contributed by atoms with van der Waals surface area (Å²) in [7, 11) is 0. The predicted octanol–water partition coefficient (Wildman–Crippen LogP) is 3.10. The van der Waals surface area contributed by atoms with Gasteiger partial charge in [0.1, 0.15) is 12.3 Å². The van der Waals surface area contributed by atoms with E-state index in [2.05, 4.69) is 5.32 Å². The lowest BCUT2D eigenvalue weighted by molar-refractivity contribution is -0.939. The summed E-state index contributed by atoms with van der Waals surface area (Å²) in [5, 5.41) is 24.2. The minimum absolute atomic E-state index is 0.0522. The number of piperidine rings is 3. The lowest BCUT2D eigenvalue weighted by Crippen LogP contribution is -2.66. The topological polar surface area (TPSA) is 95.9 Å². The van der Waals surface area contributed by atoms with Crippen molar-refractivity contribution in [3.05, 3.63) is 102 Å². The summed E-state index contributed by atoms with van der Waals surface area (Å²) in [4.78, 5) is 26.5. The highest BCUT2D eigenvalue weighted by molar-refractivity contribution is 5.85. The van der Waals surface area contributed by atoms with Crippen molar-refractivity contribution >= 4 is 11.9 Å². The number of esters is 1. The van der Waals surface area contributed by atoms with E-state index in [1.165, 1.54) is 0 Å². The fourth-order valence-electron chi connectivity index (χ4n) is 5.74. The number of phenolic OH excluding ortho intramolecular Hbond substituents is 1. The second kappa shape index (κ2) is 10.4. The summed E-state index contributed by atoms with van der Waals surface area (Å²) in [6.45, 7) is 3.00. The number of carbonyl (C=O) groups is 2. The molecular weight excluding hydrogens is 468 g/mol. The van der Waals surface area contributed by atoms with Crippen molar-refractivity contribution in [1.29, 1.82) is 0 Å². The van der Waals surface area contributed by atoms with E-state index in [4.69, 9.17) is 4.74 Å². The Labute approximate surface area is 216 Å². The Morgan fingerprint density at radius 2 is 1.46 bits per heavy atom. The maximum Gasteiger partial charge on any atom is 0.348 e. The molecule has 3 aliphatic heterocycles. The average molecular weight is 502 g/mol. The monoisotopic (exact) mass is 501 g/mol. The number of aromatic hydroxyl groups is 1. The van der Waals surface area contributed by atoms with Crippen LogP contribution in [-0.4, -0.2) is 58.9 Å². The van der Waals surface area contributed by atoms with Crippen molar-refractivity contribution in [2.24, 2.45) is 5.92 Å². The van der Waals surface area contributed by atoms with E-state index in [0.717, 1.165) is 31.5 Å². The highest BCUT2D eigenvalue weighted by atomic mass is 16.6. The van der Waals surface area contributed by atoms with E-state index in [1.807, 2.05) is 12.1 Å². The summed E-state index contributed by atoms with van der Waals surface area (Å²) in [5.41, 5.74) is -0.0766. The highest BCUT2D eigenvalue weighted by Crippen LogP contribution is 2.38. The quantitative estimate of drug-likeness (QED) is 0.326. The number of carbonyl (C=O) groups excluding carboxylic acids is 2. The van der Waals surface area contributed by atoms with Crippen molar-refractivity contribution in [1.82, 2.24) is 5.32 Å². The van der Waals surface area contributed by atoms with Gasteiger partial charge in [-0.2, -0.15) is 0 Å². The zero-order valence-electron chi connectivity index (χ0n) is 20.8. The van der Waals surface area contributed by atoms with E-state index in [9.17, 15) is 19.8 Å². The first-order valence-corrected chi connectivity index (χ1v) is 12.8. The second-order valence-corrected chi connectivity index (χ2v) is 10.3. The lowest BCUT2D eigenvalue weighted by atomic mass is 9.82. The smallest absolute Gasteiger partial charge is 0.348 e. The van der Waals surface area contributed by atoms with Crippen LogP contribution in [-0.2, 0) is 26.5 Å². The number of nitrogens with one attached hydrogen (secondary N) is 1. The van der Waals surface area contributed by atoms with Gasteiger partial charge < -0.3 is 24.7 Å². The normalized spacial score (nSPS) is 22.8. The van der Waals surface area contributed by atoms with E-state index < -0.39 is 11.6 Å². The van der Waals surface area contributed by atoms with E-state index >= 15 is 0 Å². The molecule has 7 nitrogen and oxygen atoms in total. The zero-order valence-corrected chi connectivity index (χ0v) is 20.8. The Morgan fingerprint density at radius 1 is 0.892 bits per heavy atom. The number of rotatable bonds is 8. The maximum atomic E-state index is 13.6. The van der Waals surface area contributed by atoms with Gasteiger partial charge in [0.2, 0.25) is 5.60 Å². The van der Waals surface area contributed by atoms with Gasteiger partial charge >= 0.3 is 5.97 Å². The van der Waals surface area contributed by atoms with Gasteiger partial charge in [-0.1, -0.05) is 72.8 Å². The van der Waals surface area contributed by atoms with Crippen LogP contribution in [0.25, 0.3) is 0 Å². The minimum atomic E-state index is -1.92. The molecule has 3 heterocycles. The van der Waals surface area contributed by atoms with Gasteiger partial charge in [0.15, 0.2) is 12.6 Å². The summed E-state index contributed by atoms with van der Waals surface area (Å²) >= 11 is 0. The van der Waals surface area contributed by atoms with Gasteiger partial charge in [-0.05, 0) is 28.8 Å². The predicted molar refractivity (Wildman–Crippen MR) is 138 cm³/mol. The summed E-state index contributed by atoms with van der Waals surface area (Å²) in [6.07, 6.45) is 1.38. The highest BCUT2D eigenvalue weighted by Gasteiger charge is 2.51. The minimum Gasteiger partial charge on any atom is -0.508 e. The van der Waals surface area contributed by atoms with E-state index in [0.29, 0.717) is 35.2 Å². The SMILES string of the molecule is O=C(C[N+]12CCC(CC1)C(OC(=O)C(O)(c1ccccc1)c1ccccc1)C2)NCc1ccc(O)cc1. The number of quaternary nitrogens is 1. The van der Waals surface area contributed by atoms with Crippen molar-refractivity contribution in [2.45, 2.75) is 31.1 Å². The Bertz CT molecular complexity index is 1180. The average Bonchev–Trinajstić information content (AvgIpc) is 2.93. The van der Waals surface area contributed by atoms with Crippen molar-refractivity contribution in [2.75, 3.05) is 26.2 Å². The standard InChI is InChI=1S/C30H32N2O5/c33-26-13-11-22(12-14-26)19-31-28(34)21-32-17-15-23(16-18-32)27(20-32)37-29(35)30(36,24-7-3-1-4-8-24)25-9-5-2-6-10-25/h1-14,23,27,36H,15-21H2,(H-,31,33,34)/p+1. The first kappa shape index (κ1) is 25.0. The van der Waals surface area contributed by atoms with Gasteiger partial charge in [-0.3, -0.25) is 4.79 Å². The third-order valence-corrected chi connectivity index (χ3v) is 7.88. The summed E-state index contributed by atoms with van der Waals surface area (Å²) in [6, 6.07) is 24.6. The number of benzene rings is 3. The summed E-state index contributed by atoms with van der Waals surface area (Å²) in [5.74, 6) is -0.321. The van der Waals surface area contributed by atoms with Crippen LogP contribution in [0.15, 0.2) is 84.9 Å². The molecule has 37 heavy (non-hydrogen) atoms. The van der Waals surface area contributed by atoms with Crippen molar-refractivity contribution in [3.8, 4) is 5.75 Å². The molecule has 3 fully saturated rings. The molecule has 7 heteroatoms. The van der Waals surface area contributed by atoms with Crippen LogP contribution in [0.3, 0.4) is 0 Å². The molecule has 0 aromatic heterocycles. The van der Waals surface area contributed by atoms with Crippen molar-refractivity contribution in [3.63, 3.8) is 0 Å². The third kappa shape index (κ3) is 5.24. The molecule has 1 amide bonds. The molecule has 3 aromatic carbocycles. The van der Waals surface area contributed by atoms with Gasteiger partial charge in [-0.25, -0.2) is 4.79 Å². The van der Waals surface area contributed by atoms with Crippen LogP contribution in [0.2, 0.25) is 0 Å². The number of amides is 1. The van der Waals surface area contributed by atoms with Crippen LogP contribution in [0.4, 0.5) is 0 Å². The lowest BCUT2D eigenvalue weighted by Gasteiger charge is -2.51. The number of aliphatic hydroxyl groups is 1. The molecule has 2 bridgehead atoms. The number of hydrogen-bond donors (Lipinski definition) is 3. The molecule has 0 spiro atoms. The van der Waals surface area contributed by atoms with Gasteiger partial charge in [-0.15, -0.1) is 0 Å². The Morgan fingerprint density at radius 3 is 2.03 bits per heavy atom. The first-order chi connectivity index (χ1) is 17.9. The van der Waals surface area contributed by atoms with E-state index in [-0.39, 0.29) is 23.7 Å². The van der Waals surface area contributed by atoms with Crippen LogP contribution < -0.4 is 5.32 Å². The summed E-state index contributed by atoms with van der Waals surface area (Å²) < 4.78 is 6.66. The van der Waals surface area contributed by atoms with Crippen LogP contribution >= 0.6 is 0 Å². The molecule has 192 valence electrons. The molecule has 3 saturated heterocycles. The fraction of sp³-hybridized carbons (Fsp3) is 0.333. The van der Waals surface area contributed by atoms with Crippen LogP contribution in [0.5, 0.6) is 5.75 Å².